The number of ether oxygens (including phenoxy) is 2. The normalized spacial score (nSPS) is 35.2. The summed E-state index contributed by atoms with van der Waals surface area (Å²) in [5.41, 5.74) is 0.971. The van der Waals surface area contributed by atoms with Crippen molar-refractivity contribution >= 4 is 12.1 Å². The quantitative estimate of drug-likeness (QED) is 0.425. The number of amides is 1. The third-order valence-corrected chi connectivity index (χ3v) is 5.07. The first kappa shape index (κ1) is 20.2. The van der Waals surface area contributed by atoms with Crippen LogP contribution in [0.1, 0.15) is 39.5 Å². The Morgan fingerprint density at radius 1 is 1.27 bits per heavy atom. The highest BCUT2D eigenvalue weighted by atomic mass is 16.6. The Kier molecular flexibility index (Phi) is 7.03. The largest absolute Gasteiger partial charge is 0.456 e. The van der Waals surface area contributed by atoms with Crippen molar-refractivity contribution in [1.29, 1.82) is 0 Å². The van der Waals surface area contributed by atoms with E-state index in [0.717, 1.165) is 12.8 Å². The van der Waals surface area contributed by atoms with Crippen molar-refractivity contribution < 1.29 is 24.2 Å². The van der Waals surface area contributed by atoms with E-state index in [-0.39, 0.29) is 5.92 Å². The summed E-state index contributed by atoms with van der Waals surface area (Å²) >= 11 is 0. The molecule has 0 bridgehead atoms. The van der Waals surface area contributed by atoms with E-state index >= 15 is 0 Å². The fourth-order valence-corrected chi connectivity index (χ4v) is 3.31. The zero-order valence-corrected chi connectivity index (χ0v) is 15.6. The summed E-state index contributed by atoms with van der Waals surface area (Å²) in [6.45, 7) is 11.9. The van der Waals surface area contributed by atoms with Crippen LogP contribution >= 0.6 is 0 Å². The van der Waals surface area contributed by atoms with Gasteiger partial charge in [0.25, 0.3) is 0 Å². The number of hydrogen-bond acceptors (Lipinski definition) is 5. The predicted molar refractivity (Wildman–Crippen MR) is 98.4 cm³/mol. The molecule has 2 N–H and O–H groups in total. The Morgan fingerprint density at radius 2 is 1.96 bits per heavy atom. The fourth-order valence-electron chi connectivity index (χ4n) is 3.31. The van der Waals surface area contributed by atoms with Gasteiger partial charge in [0.1, 0.15) is 12.2 Å². The van der Waals surface area contributed by atoms with Crippen LogP contribution in [-0.4, -0.2) is 42.0 Å². The maximum absolute atomic E-state index is 12.0. The van der Waals surface area contributed by atoms with E-state index in [1.807, 2.05) is 19.1 Å². The zero-order chi connectivity index (χ0) is 19.3. The summed E-state index contributed by atoms with van der Waals surface area (Å²) in [5, 5.41) is 13.5. The highest BCUT2D eigenvalue weighted by Crippen LogP contribution is 2.36. The lowest BCUT2D eigenvalue weighted by Crippen LogP contribution is -2.39. The number of carbonyl (C=O) groups is 2. The molecule has 2 heterocycles. The van der Waals surface area contributed by atoms with Gasteiger partial charge in [0.15, 0.2) is 0 Å². The van der Waals surface area contributed by atoms with E-state index in [1.165, 1.54) is 0 Å². The predicted octanol–water partition coefficient (Wildman–Crippen LogP) is 2.88. The number of aliphatic hydroxyl groups is 1. The molecule has 144 valence electrons. The summed E-state index contributed by atoms with van der Waals surface area (Å²) < 4.78 is 10.9. The van der Waals surface area contributed by atoms with Crippen molar-refractivity contribution in [2.75, 3.05) is 6.54 Å². The van der Waals surface area contributed by atoms with Gasteiger partial charge in [-0.1, -0.05) is 32.2 Å². The SMILES string of the molecule is C=C(C)[C@@H]1C[C@H]2C(=C)C(=O)O[C@@H]2[C@@H](O)[C@@H](C)CC/C=C\CCNC(=O)O1. The molecule has 5 atom stereocenters. The van der Waals surface area contributed by atoms with Gasteiger partial charge in [-0.3, -0.25) is 0 Å². The van der Waals surface area contributed by atoms with Crippen LogP contribution in [-0.2, 0) is 14.3 Å². The topological polar surface area (TPSA) is 84.9 Å². The molecule has 0 aromatic carbocycles. The molecule has 0 radical (unpaired) electrons. The fraction of sp³-hybridized carbons (Fsp3) is 0.600. The second-order valence-electron chi connectivity index (χ2n) is 7.21. The highest BCUT2D eigenvalue weighted by molar-refractivity contribution is 5.90. The summed E-state index contributed by atoms with van der Waals surface area (Å²) in [6.07, 6.45) is 4.03. The van der Waals surface area contributed by atoms with E-state index in [2.05, 4.69) is 18.5 Å². The number of cyclic esters (lactones) is 1. The van der Waals surface area contributed by atoms with Gasteiger partial charge in [-0.2, -0.15) is 0 Å². The van der Waals surface area contributed by atoms with Gasteiger partial charge in [0.05, 0.1) is 6.10 Å². The van der Waals surface area contributed by atoms with E-state index in [0.29, 0.717) is 30.5 Å². The summed E-state index contributed by atoms with van der Waals surface area (Å²) in [6, 6.07) is 0. The van der Waals surface area contributed by atoms with E-state index in [1.54, 1.807) is 6.92 Å². The van der Waals surface area contributed by atoms with Crippen LogP contribution in [0.4, 0.5) is 4.79 Å². The average Bonchev–Trinajstić information content (AvgIpc) is 2.86. The number of hydrogen-bond donors (Lipinski definition) is 2. The molecule has 0 spiro atoms. The highest BCUT2D eigenvalue weighted by Gasteiger charge is 2.45. The molecule has 0 aliphatic carbocycles. The van der Waals surface area contributed by atoms with Crippen molar-refractivity contribution in [3.8, 4) is 0 Å². The van der Waals surface area contributed by atoms with Crippen molar-refractivity contribution in [1.82, 2.24) is 5.32 Å². The Hall–Kier alpha value is -2.08. The molecule has 2 rings (SSSR count). The van der Waals surface area contributed by atoms with Crippen LogP contribution < -0.4 is 5.32 Å². The van der Waals surface area contributed by atoms with E-state index < -0.39 is 36.3 Å². The Balaban J connectivity index is 2.25. The second kappa shape index (κ2) is 9.03. The molecule has 2 aliphatic heterocycles. The number of rotatable bonds is 1. The Bertz CT molecular complexity index is 597. The molecular weight excluding hydrogens is 334 g/mol. The van der Waals surface area contributed by atoms with Crippen molar-refractivity contribution in [2.24, 2.45) is 11.8 Å². The number of aliphatic hydroxyl groups excluding tert-OH is 1. The minimum atomic E-state index is -0.804. The maximum atomic E-state index is 12.0. The van der Waals surface area contributed by atoms with Crippen molar-refractivity contribution in [3.05, 3.63) is 36.5 Å². The molecule has 1 fully saturated rings. The molecule has 26 heavy (non-hydrogen) atoms. The minimum absolute atomic E-state index is 0.0417. The first-order valence-corrected chi connectivity index (χ1v) is 9.14. The van der Waals surface area contributed by atoms with E-state index in [4.69, 9.17) is 9.47 Å². The van der Waals surface area contributed by atoms with Crippen LogP contribution in [0.5, 0.6) is 0 Å². The number of esters is 1. The van der Waals surface area contributed by atoms with Gasteiger partial charge in [-0.15, -0.1) is 0 Å². The van der Waals surface area contributed by atoms with Crippen LogP contribution in [0.25, 0.3) is 0 Å². The molecule has 0 unspecified atom stereocenters. The van der Waals surface area contributed by atoms with Crippen molar-refractivity contribution in [2.45, 2.75) is 57.8 Å². The van der Waals surface area contributed by atoms with Crippen LogP contribution in [0, 0.1) is 11.8 Å². The number of nitrogens with one attached hydrogen (secondary N) is 1. The average molecular weight is 363 g/mol. The molecule has 6 heteroatoms. The lowest BCUT2D eigenvalue weighted by Gasteiger charge is -2.29. The molecule has 2 aliphatic rings. The number of allylic oxidation sites excluding steroid dienone is 1. The third kappa shape index (κ3) is 4.97. The smallest absolute Gasteiger partial charge is 0.407 e. The first-order valence-electron chi connectivity index (χ1n) is 9.14. The number of fused-ring (bicyclic) bond motifs is 1. The van der Waals surface area contributed by atoms with Gasteiger partial charge >= 0.3 is 12.1 Å². The van der Waals surface area contributed by atoms with E-state index in [9.17, 15) is 14.7 Å². The number of carbonyl (C=O) groups excluding carboxylic acids is 2. The van der Waals surface area contributed by atoms with Crippen LogP contribution in [0.3, 0.4) is 0 Å². The molecule has 0 saturated carbocycles. The third-order valence-electron chi connectivity index (χ3n) is 5.07. The molecule has 6 nitrogen and oxygen atoms in total. The number of alkyl carbamates (subject to hydrolysis) is 1. The first-order chi connectivity index (χ1) is 12.3. The lowest BCUT2D eigenvalue weighted by atomic mass is 9.83. The zero-order valence-electron chi connectivity index (χ0n) is 15.6. The monoisotopic (exact) mass is 363 g/mol. The Morgan fingerprint density at radius 3 is 2.65 bits per heavy atom. The standard InChI is InChI=1S/C20H29NO5/c1-12(2)16-11-15-14(4)19(23)26-18(15)17(22)13(3)9-7-5-6-8-10-21-20(24)25-16/h5-6,13,15-18,22H,1,4,7-11H2,2-3H3,(H,21,24)/b6-5-/t13-,15-,16-,17-,18-/m0/s1. The summed E-state index contributed by atoms with van der Waals surface area (Å²) in [4.78, 5) is 24.1. The minimum Gasteiger partial charge on any atom is -0.456 e. The van der Waals surface area contributed by atoms with Gasteiger partial charge < -0.3 is 19.9 Å². The van der Waals surface area contributed by atoms with Crippen molar-refractivity contribution in [3.63, 3.8) is 0 Å². The second-order valence-corrected chi connectivity index (χ2v) is 7.21. The molecule has 1 amide bonds. The van der Waals surface area contributed by atoms with Gasteiger partial charge in [0.2, 0.25) is 0 Å². The van der Waals surface area contributed by atoms with Crippen LogP contribution in [0.15, 0.2) is 36.5 Å². The van der Waals surface area contributed by atoms with Crippen LogP contribution in [0.2, 0.25) is 0 Å². The summed E-state index contributed by atoms with van der Waals surface area (Å²) in [5.74, 6) is -0.966. The van der Waals surface area contributed by atoms with Gasteiger partial charge in [-0.25, -0.2) is 9.59 Å². The lowest BCUT2D eigenvalue weighted by molar-refractivity contribution is -0.146. The molecule has 0 aromatic rings. The Labute approximate surface area is 154 Å². The molecular formula is C20H29NO5. The maximum Gasteiger partial charge on any atom is 0.407 e. The molecule has 0 aromatic heterocycles. The van der Waals surface area contributed by atoms with Gasteiger partial charge in [-0.05, 0) is 44.1 Å². The summed E-state index contributed by atoms with van der Waals surface area (Å²) in [7, 11) is 0. The molecule has 1 saturated heterocycles. The van der Waals surface area contributed by atoms with Gasteiger partial charge in [0, 0.05) is 18.0 Å².